The van der Waals surface area contributed by atoms with Gasteiger partial charge in [-0.2, -0.15) is 0 Å². The van der Waals surface area contributed by atoms with Crippen LogP contribution in [0.5, 0.6) is 5.75 Å². The van der Waals surface area contributed by atoms with Crippen LogP contribution in [0.3, 0.4) is 0 Å². The Labute approximate surface area is 237 Å². The Balaban J connectivity index is 1.49. The second-order valence-corrected chi connectivity index (χ2v) is 13.3. The van der Waals surface area contributed by atoms with Crippen LogP contribution in [0.2, 0.25) is 0 Å². The van der Waals surface area contributed by atoms with Crippen LogP contribution in [0.25, 0.3) is 0 Å². The summed E-state index contributed by atoms with van der Waals surface area (Å²) in [6.45, 7) is 5.54. The number of carbonyl (C=O) groups excluding carboxylic acids is 2. The molecule has 8 nitrogen and oxygen atoms in total. The Kier molecular flexibility index (Phi) is 9.68. The lowest BCUT2D eigenvalue weighted by atomic mass is 9.92. The zero-order valence-corrected chi connectivity index (χ0v) is 24.0. The van der Waals surface area contributed by atoms with E-state index >= 15 is 0 Å². The van der Waals surface area contributed by atoms with Gasteiger partial charge in [0.25, 0.3) is 5.91 Å². The first kappa shape index (κ1) is 29.8. The molecule has 6 atom stereocenters. The predicted molar refractivity (Wildman–Crippen MR) is 154 cm³/mol. The zero-order chi connectivity index (χ0) is 28.9. The number of amides is 2. The topological polar surface area (TPSA) is 122 Å². The molecule has 2 saturated carbocycles. The number of nitrogens with one attached hydrogen (secondary N) is 2. The third-order valence-electron chi connectivity index (χ3n) is 8.13. The third-order valence-corrected chi connectivity index (χ3v) is 9.22. The maximum Gasteiger partial charge on any atom is 0.251 e. The SMILES string of the molecule is C=CCOc1cc(C(=O)N[C@@H](Cc2ccccc2)[C@@H](O)C[C@@H](C)C(=O)NC2CC3CCC2C3)cc(S(C)(=O)=O)c1. The Morgan fingerprint density at radius 3 is 2.52 bits per heavy atom. The van der Waals surface area contributed by atoms with Crippen molar-refractivity contribution in [3.8, 4) is 5.75 Å². The molecule has 2 aromatic rings. The van der Waals surface area contributed by atoms with E-state index in [-0.39, 0.29) is 41.2 Å². The molecule has 0 aliphatic heterocycles. The predicted octanol–water partition coefficient (Wildman–Crippen LogP) is 3.69. The first-order valence-corrected chi connectivity index (χ1v) is 15.8. The minimum Gasteiger partial charge on any atom is -0.489 e. The fourth-order valence-corrected chi connectivity index (χ4v) is 6.61. The zero-order valence-electron chi connectivity index (χ0n) is 23.2. The molecule has 2 aliphatic carbocycles. The van der Waals surface area contributed by atoms with Crippen LogP contribution in [-0.4, -0.2) is 56.4 Å². The van der Waals surface area contributed by atoms with Gasteiger partial charge in [-0.05, 0) is 67.7 Å². The lowest BCUT2D eigenvalue weighted by Crippen LogP contribution is -2.47. The highest BCUT2D eigenvalue weighted by atomic mass is 32.2. The van der Waals surface area contributed by atoms with Gasteiger partial charge in [-0.3, -0.25) is 9.59 Å². The van der Waals surface area contributed by atoms with Crippen molar-refractivity contribution in [2.75, 3.05) is 12.9 Å². The Bertz CT molecular complexity index is 1310. The Hall–Kier alpha value is -3.17. The second kappa shape index (κ2) is 13.0. The standard InChI is InChI=1S/C31H40N2O6S/c1-4-12-39-25-17-24(18-26(19-25)40(3,37)38)31(36)33-28(15-21-8-6-5-7-9-21)29(34)13-20(2)30(35)32-27-16-22-10-11-23(27)14-22/h4-9,17-20,22-23,27-29,34H,1,10-16H2,2-3H3,(H,32,35)(H,33,36)/t20-,22?,23?,27?,28+,29+/m1/s1. The van der Waals surface area contributed by atoms with Gasteiger partial charge in [0, 0.05) is 23.8 Å². The van der Waals surface area contributed by atoms with Crippen molar-refractivity contribution in [3.63, 3.8) is 0 Å². The van der Waals surface area contributed by atoms with E-state index in [1.54, 1.807) is 6.92 Å². The molecule has 0 spiro atoms. The molecule has 0 saturated heterocycles. The number of fused-ring (bicyclic) bond motifs is 2. The Morgan fingerprint density at radius 2 is 1.90 bits per heavy atom. The number of ether oxygens (including phenoxy) is 1. The van der Waals surface area contributed by atoms with Crippen LogP contribution in [-0.2, 0) is 21.1 Å². The van der Waals surface area contributed by atoms with Gasteiger partial charge in [-0.15, -0.1) is 0 Å². The fraction of sp³-hybridized carbons (Fsp3) is 0.484. The summed E-state index contributed by atoms with van der Waals surface area (Å²) in [5.41, 5.74) is 1.00. The lowest BCUT2D eigenvalue weighted by molar-refractivity contribution is -0.126. The summed E-state index contributed by atoms with van der Waals surface area (Å²) in [6.07, 6.45) is 6.71. The molecular formula is C31H40N2O6S. The van der Waals surface area contributed by atoms with Crippen molar-refractivity contribution in [1.82, 2.24) is 10.6 Å². The number of hydrogen-bond acceptors (Lipinski definition) is 6. The third kappa shape index (κ3) is 7.73. The smallest absolute Gasteiger partial charge is 0.251 e. The van der Waals surface area contributed by atoms with E-state index in [2.05, 4.69) is 17.2 Å². The number of sulfone groups is 1. The van der Waals surface area contributed by atoms with Crippen molar-refractivity contribution in [1.29, 1.82) is 0 Å². The molecule has 0 heterocycles. The van der Waals surface area contributed by atoms with E-state index in [1.807, 2.05) is 30.3 Å². The number of carbonyl (C=O) groups is 2. The maximum absolute atomic E-state index is 13.4. The van der Waals surface area contributed by atoms with Crippen molar-refractivity contribution in [2.24, 2.45) is 17.8 Å². The molecule has 0 radical (unpaired) electrons. The highest BCUT2D eigenvalue weighted by molar-refractivity contribution is 7.90. The monoisotopic (exact) mass is 568 g/mol. The van der Waals surface area contributed by atoms with E-state index in [0.29, 0.717) is 18.3 Å². The van der Waals surface area contributed by atoms with Gasteiger partial charge in [-0.1, -0.05) is 56.3 Å². The summed E-state index contributed by atoms with van der Waals surface area (Å²) in [7, 11) is -3.62. The first-order valence-electron chi connectivity index (χ1n) is 14.0. The van der Waals surface area contributed by atoms with Crippen LogP contribution in [0.4, 0.5) is 0 Å². The molecular weight excluding hydrogens is 528 g/mol. The minimum atomic E-state index is -3.62. The van der Waals surface area contributed by atoms with Gasteiger partial charge in [0.2, 0.25) is 5.91 Å². The van der Waals surface area contributed by atoms with Gasteiger partial charge >= 0.3 is 0 Å². The van der Waals surface area contributed by atoms with Crippen molar-refractivity contribution >= 4 is 21.7 Å². The van der Waals surface area contributed by atoms with Gasteiger partial charge < -0.3 is 20.5 Å². The van der Waals surface area contributed by atoms with Crippen LogP contribution in [0.1, 0.15) is 54.9 Å². The molecule has 2 aromatic carbocycles. The van der Waals surface area contributed by atoms with Crippen LogP contribution in [0, 0.1) is 17.8 Å². The number of hydrogen-bond donors (Lipinski definition) is 3. The largest absolute Gasteiger partial charge is 0.489 e. The fourth-order valence-electron chi connectivity index (χ4n) is 5.94. The average Bonchev–Trinajstić information content (AvgIpc) is 3.55. The molecule has 2 fully saturated rings. The lowest BCUT2D eigenvalue weighted by Gasteiger charge is -2.28. The highest BCUT2D eigenvalue weighted by Crippen LogP contribution is 2.44. The number of aliphatic hydroxyl groups is 1. The molecule has 3 unspecified atom stereocenters. The van der Waals surface area contributed by atoms with Gasteiger partial charge in [0.15, 0.2) is 9.84 Å². The van der Waals surface area contributed by atoms with Crippen LogP contribution >= 0.6 is 0 Å². The summed E-state index contributed by atoms with van der Waals surface area (Å²) >= 11 is 0. The summed E-state index contributed by atoms with van der Waals surface area (Å²) in [4.78, 5) is 26.4. The molecule has 216 valence electrons. The second-order valence-electron chi connectivity index (χ2n) is 11.3. The highest BCUT2D eigenvalue weighted by Gasteiger charge is 2.40. The van der Waals surface area contributed by atoms with Crippen molar-refractivity contribution < 1.29 is 27.9 Å². The van der Waals surface area contributed by atoms with Crippen molar-refractivity contribution in [2.45, 2.75) is 68.5 Å². The van der Waals surface area contributed by atoms with Gasteiger partial charge in [-0.25, -0.2) is 8.42 Å². The van der Waals surface area contributed by atoms with E-state index in [9.17, 15) is 23.1 Å². The minimum absolute atomic E-state index is 0.0507. The van der Waals surface area contributed by atoms with E-state index in [4.69, 9.17) is 4.74 Å². The van der Waals surface area contributed by atoms with E-state index < -0.39 is 33.8 Å². The quantitative estimate of drug-likeness (QED) is 0.317. The van der Waals surface area contributed by atoms with Crippen molar-refractivity contribution in [3.05, 3.63) is 72.3 Å². The van der Waals surface area contributed by atoms with E-state index in [0.717, 1.165) is 18.2 Å². The molecule has 9 heteroatoms. The molecule has 0 aromatic heterocycles. The molecule has 2 bridgehead atoms. The summed E-state index contributed by atoms with van der Waals surface area (Å²) in [5, 5.41) is 17.4. The summed E-state index contributed by atoms with van der Waals surface area (Å²) in [6, 6.07) is 13.1. The van der Waals surface area contributed by atoms with Crippen LogP contribution < -0.4 is 15.4 Å². The number of rotatable bonds is 13. The number of aliphatic hydroxyl groups excluding tert-OH is 1. The number of benzene rings is 2. The van der Waals surface area contributed by atoms with E-state index in [1.165, 1.54) is 43.5 Å². The van der Waals surface area contributed by atoms with Gasteiger partial charge in [0.05, 0.1) is 17.0 Å². The molecule has 4 rings (SSSR count). The molecule has 3 N–H and O–H groups in total. The Morgan fingerprint density at radius 1 is 1.15 bits per heavy atom. The normalized spacial score (nSPS) is 22.2. The molecule has 2 amide bonds. The summed E-state index contributed by atoms with van der Waals surface area (Å²) in [5.74, 6) is 0.417. The first-order chi connectivity index (χ1) is 19.0. The average molecular weight is 569 g/mol. The summed E-state index contributed by atoms with van der Waals surface area (Å²) < 4.78 is 30.1. The van der Waals surface area contributed by atoms with Crippen LogP contribution in [0.15, 0.2) is 66.1 Å². The maximum atomic E-state index is 13.4. The molecule has 2 aliphatic rings. The molecule has 40 heavy (non-hydrogen) atoms. The van der Waals surface area contributed by atoms with Gasteiger partial charge in [0.1, 0.15) is 12.4 Å².